The zero-order valence-electron chi connectivity index (χ0n) is 14.4. The molecule has 4 rings (SSSR count). The van der Waals surface area contributed by atoms with Crippen LogP contribution in [0, 0.1) is 5.92 Å². The second-order valence-corrected chi connectivity index (χ2v) is 6.89. The molecule has 2 aromatic carbocycles. The lowest BCUT2D eigenvalue weighted by Gasteiger charge is -2.17. The zero-order chi connectivity index (χ0) is 18.8. The second kappa shape index (κ2) is 7.36. The molecule has 0 radical (unpaired) electrons. The third-order valence-corrected chi connectivity index (χ3v) is 4.78. The minimum absolute atomic E-state index is 0.0419. The number of rotatable bonds is 4. The summed E-state index contributed by atoms with van der Waals surface area (Å²) in [7, 11) is 0. The summed E-state index contributed by atoms with van der Waals surface area (Å²) < 4.78 is 10.5. The number of anilines is 2. The molecule has 2 heterocycles. The zero-order valence-corrected chi connectivity index (χ0v) is 15.2. The fourth-order valence-corrected chi connectivity index (χ4v) is 3.30. The first-order valence-electron chi connectivity index (χ1n) is 8.59. The molecule has 0 aromatic heterocycles. The summed E-state index contributed by atoms with van der Waals surface area (Å²) in [6, 6.07) is 12.0. The molecule has 2 aromatic rings. The summed E-state index contributed by atoms with van der Waals surface area (Å²) in [5.41, 5.74) is 1.43. The molecule has 7 nitrogen and oxygen atoms in total. The lowest BCUT2D eigenvalue weighted by Crippen LogP contribution is -2.34. The first-order chi connectivity index (χ1) is 13.1. The van der Waals surface area contributed by atoms with Gasteiger partial charge in [0, 0.05) is 47.9 Å². The summed E-state index contributed by atoms with van der Waals surface area (Å²) in [5.74, 6) is 1.36. The van der Waals surface area contributed by atoms with Crippen molar-refractivity contribution in [3.63, 3.8) is 0 Å². The van der Waals surface area contributed by atoms with Crippen molar-refractivity contribution in [1.82, 2.24) is 5.32 Å². The smallest absolute Gasteiger partial charge is 0.319 e. The van der Waals surface area contributed by atoms with E-state index in [-0.39, 0.29) is 24.6 Å². The van der Waals surface area contributed by atoms with E-state index in [9.17, 15) is 9.59 Å². The standard InChI is InChI=1S/C19H18ClN3O4/c20-13-1-4-15(5-2-13)23-10-12(7-18(23)24)9-21-19(25)22-14-3-6-16-17(8-14)27-11-26-16/h1-6,8,12H,7,9-11H2,(H2,21,22,25). The molecule has 2 aliphatic rings. The van der Waals surface area contributed by atoms with Crippen LogP contribution in [0.15, 0.2) is 42.5 Å². The van der Waals surface area contributed by atoms with Gasteiger partial charge in [-0.25, -0.2) is 4.79 Å². The van der Waals surface area contributed by atoms with E-state index in [0.717, 1.165) is 5.69 Å². The van der Waals surface area contributed by atoms with Crippen molar-refractivity contribution in [3.8, 4) is 11.5 Å². The normalized spacial score (nSPS) is 17.9. The maximum absolute atomic E-state index is 12.3. The quantitative estimate of drug-likeness (QED) is 0.844. The van der Waals surface area contributed by atoms with Gasteiger partial charge in [-0.3, -0.25) is 4.79 Å². The monoisotopic (exact) mass is 387 g/mol. The molecule has 140 valence electrons. The van der Waals surface area contributed by atoms with Crippen LogP contribution in [0.5, 0.6) is 11.5 Å². The van der Waals surface area contributed by atoms with E-state index in [4.69, 9.17) is 21.1 Å². The molecule has 27 heavy (non-hydrogen) atoms. The third kappa shape index (κ3) is 3.93. The highest BCUT2D eigenvalue weighted by Gasteiger charge is 2.30. The maximum Gasteiger partial charge on any atom is 0.319 e. The number of amides is 3. The van der Waals surface area contributed by atoms with Crippen LogP contribution in [0.2, 0.25) is 5.02 Å². The molecule has 0 saturated carbocycles. The Morgan fingerprint density at radius 3 is 2.74 bits per heavy atom. The number of benzene rings is 2. The Morgan fingerprint density at radius 2 is 1.93 bits per heavy atom. The Labute approximate surface area is 161 Å². The van der Waals surface area contributed by atoms with Crippen molar-refractivity contribution in [2.45, 2.75) is 6.42 Å². The Kier molecular flexibility index (Phi) is 4.77. The molecule has 8 heteroatoms. The summed E-state index contributed by atoms with van der Waals surface area (Å²) in [4.78, 5) is 26.1. The minimum Gasteiger partial charge on any atom is -0.454 e. The number of carbonyl (C=O) groups excluding carboxylic acids is 2. The average molecular weight is 388 g/mol. The van der Waals surface area contributed by atoms with Gasteiger partial charge in [-0.2, -0.15) is 0 Å². The van der Waals surface area contributed by atoms with Gasteiger partial charge in [-0.05, 0) is 36.4 Å². The van der Waals surface area contributed by atoms with E-state index >= 15 is 0 Å². The van der Waals surface area contributed by atoms with Gasteiger partial charge < -0.3 is 25.0 Å². The van der Waals surface area contributed by atoms with Crippen LogP contribution in [0.25, 0.3) is 0 Å². The minimum atomic E-state index is -0.328. The third-order valence-electron chi connectivity index (χ3n) is 4.53. The fourth-order valence-electron chi connectivity index (χ4n) is 3.18. The van der Waals surface area contributed by atoms with E-state index < -0.39 is 0 Å². The Morgan fingerprint density at radius 1 is 1.15 bits per heavy atom. The highest BCUT2D eigenvalue weighted by molar-refractivity contribution is 6.30. The molecular formula is C19H18ClN3O4. The molecule has 1 atom stereocenters. The van der Waals surface area contributed by atoms with Crippen molar-refractivity contribution in [2.75, 3.05) is 30.1 Å². The topological polar surface area (TPSA) is 79.9 Å². The molecule has 2 N–H and O–H groups in total. The summed E-state index contributed by atoms with van der Waals surface area (Å²) in [5, 5.41) is 6.21. The Hall–Kier alpha value is -2.93. The average Bonchev–Trinajstić information content (AvgIpc) is 3.26. The van der Waals surface area contributed by atoms with Gasteiger partial charge in [0.1, 0.15) is 0 Å². The highest BCUT2D eigenvalue weighted by Crippen LogP contribution is 2.34. The molecule has 1 saturated heterocycles. The molecule has 0 aliphatic carbocycles. The molecule has 0 bridgehead atoms. The number of nitrogens with zero attached hydrogens (tertiary/aromatic N) is 1. The largest absolute Gasteiger partial charge is 0.454 e. The van der Waals surface area contributed by atoms with E-state index in [1.54, 1.807) is 35.2 Å². The molecule has 2 aliphatic heterocycles. The van der Waals surface area contributed by atoms with Gasteiger partial charge in [0.05, 0.1) is 0 Å². The van der Waals surface area contributed by atoms with Crippen LogP contribution >= 0.6 is 11.6 Å². The predicted molar refractivity (Wildman–Crippen MR) is 101 cm³/mol. The Bertz CT molecular complexity index is 872. The highest BCUT2D eigenvalue weighted by atomic mass is 35.5. The van der Waals surface area contributed by atoms with Gasteiger partial charge >= 0.3 is 6.03 Å². The van der Waals surface area contributed by atoms with Gasteiger partial charge in [0.25, 0.3) is 0 Å². The van der Waals surface area contributed by atoms with Crippen molar-refractivity contribution >= 4 is 34.9 Å². The van der Waals surface area contributed by atoms with E-state index in [1.807, 2.05) is 12.1 Å². The number of halogens is 1. The van der Waals surface area contributed by atoms with Gasteiger partial charge in [-0.15, -0.1) is 0 Å². The predicted octanol–water partition coefficient (Wildman–Crippen LogP) is 3.24. The van der Waals surface area contributed by atoms with Crippen molar-refractivity contribution in [3.05, 3.63) is 47.5 Å². The number of fused-ring (bicyclic) bond motifs is 1. The second-order valence-electron chi connectivity index (χ2n) is 6.45. The first kappa shape index (κ1) is 17.5. The van der Waals surface area contributed by atoms with Crippen molar-refractivity contribution < 1.29 is 19.1 Å². The number of urea groups is 1. The van der Waals surface area contributed by atoms with E-state index in [0.29, 0.717) is 41.7 Å². The van der Waals surface area contributed by atoms with Crippen molar-refractivity contribution in [1.29, 1.82) is 0 Å². The van der Waals surface area contributed by atoms with Crippen LogP contribution in [0.1, 0.15) is 6.42 Å². The van der Waals surface area contributed by atoms with Gasteiger partial charge in [0.2, 0.25) is 12.7 Å². The fraction of sp³-hybridized carbons (Fsp3) is 0.263. The lowest BCUT2D eigenvalue weighted by atomic mass is 10.1. The van der Waals surface area contributed by atoms with Crippen LogP contribution in [-0.2, 0) is 4.79 Å². The van der Waals surface area contributed by atoms with Crippen LogP contribution in [0.4, 0.5) is 16.2 Å². The maximum atomic E-state index is 12.3. The number of ether oxygens (including phenoxy) is 2. The van der Waals surface area contributed by atoms with Crippen molar-refractivity contribution in [2.24, 2.45) is 5.92 Å². The van der Waals surface area contributed by atoms with Crippen LogP contribution in [-0.4, -0.2) is 31.8 Å². The molecule has 0 spiro atoms. The van der Waals surface area contributed by atoms with E-state index in [1.165, 1.54) is 0 Å². The van der Waals surface area contributed by atoms with Crippen LogP contribution in [0.3, 0.4) is 0 Å². The summed E-state index contributed by atoms with van der Waals surface area (Å²) >= 11 is 5.89. The molecular weight excluding hydrogens is 370 g/mol. The number of carbonyl (C=O) groups is 2. The SMILES string of the molecule is O=C(NCC1CC(=O)N(c2ccc(Cl)cc2)C1)Nc1ccc2c(c1)OCO2. The van der Waals surface area contributed by atoms with Gasteiger partial charge in [0.15, 0.2) is 11.5 Å². The van der Waals surface area contributed by atoms with E-state index in [2.05, 4.69) is 10.6 Å². The first-order valence-corrected chi connectivity index (χ1v) is 8.97. The molecule has 1 fully saturated rings. The Balaban J connectivity index is 1.29. The molecule has 1 unspecified atom stereocenters. The number of nitrogens with one attached hydrogen (secondary N) is 2. The number of hydrogen-bond acceptors (Lipinski definition) is 4. The van der Waals surface area contributed by atoms with Gasteiger partial charge in [-0.1, -0.05) is 11.6 Å². The summed E-state index contributed by atoms with van der Waals surface area (Å²) in [6.07, 6.45) is 0.396. The molecule has 3 amide bonds. The lowest BCUT2D eigenvalue weighted by molar-refractivity contribution is -0.117. The summed E-state index contributed by atoms with van der Waals surface area (Å²) in [6.45, 7) is 1.15. The van der Waals surface area contributed by atoms with Crippen LogP contribution < -0.4 is 25.0 Å². The number of hydrogen-bond donors (Lipinski definition) is 2.